The van der Waals surface area contributed by atoms with E-state index in [-0.39, 0.29) is 11.9 Å². The molecule has 3 amide bonds. The van der Waals surface area contributed by atoms with Crippen molar-refractivity contribution in [2.24, 2.45) is 0 Å². The number of carbonyl (C=O) groups is 2. The lowest BCUT2D eigenvalue weighted by molar-refractivity contribution is 0.0953. The molecule has 1 aromatic rings. The van der Waals surface area contributed by atoms with Crippen LogP contribution < -0.4 is 16.0 Å². The zero-order valence-electron chi connectivity index (χ0n) is 12.6. The normalized spacial score (nSPS) is 10.0. The van der Waals surface area contributed by atoms with Gasteiger partial charge in [0.05, 0.1) is 0 Å². The highest BCUT2D eigenvalue weighted by Crippen LogP contribution is 2.09. The first-order valence-electron chi connectivity index (χ1n) is 7.09. The summed E-state index contributed by atoms with van der Waals surface area (Å²) in [5.74, 6) is -0.104. The average molecular weight is 293 g/mol. The van der Waals surface area contributed by atoms with Gasteiger partial charge in [-0.3, -0.25) is 4.79 Å². The Hall–Kier alpha value is -2.08. The van der Waals surface area contributed by atoms with Crippen LogP contribution in [-0.2, 0) is 4.74 Å². The molecule has 0 aliphatic rings. The van der Waals surface area contributed by atoms with E-state index in [1.165, 1.54) is 0 Å². The fourth-order valence-electron chi connectivity index (χ4n) is 1.64. The molecule has 0 atom stereocenters. The number of carbonyl (C=O) groups excluding carboxylic acids is 2. The number of rotatable bonds is 8. The number of nitrogens with one attached hydrogen (secondary N) is 3. The van der Waals surface area contributed by atoms with Gasteiger partial charge in [0, 0.05) is 38.1 Å². The Morgan fingerprint density at radius 2 is 1.81 bits per heavy atom. The molecule has 0 fully saturated rings. The van der Waals surface area contributed by atoms with Gasteiger partial charge in [0.25, 0.3) is 5.91 Å². The minimum Gasteiger partial charge on any atom is -0.385 e. The molecule has 0 aliphatic carbocycles. The van der Waals surface area contributed by atoms with Crippen molar-refractivity contribution in [2.45, 2.75) is 19.8 Å². The fourth-order valence-corrected chi connectivity index (χ4v) is 1.64. The van der Waals surface area contributed by atoms with Gasteiger partial charge < -0.3 is 20.7 Å². The molecule has 0 aromatic heterocycles. The van der Waals surface area contributed by atoms with Crippen LogP contribution in [0.4, 0.5) is 10.5 Å². The number of methoxy groups -OCH3 is 1. The maximum absolute atomic E-state index is 11.7. The molecule has 6 heteroatoms. The van der Waals surface area contributed by atoms with E-state index in [1.807, 2.05) is 6.92 Å². The standard InChI is InChI=1S/C15H23N3O3/c1-3-9-16-14(19)12-5-7-13(8-6-12)18-15(20)17-10-4-11-21-2/h5-8H,3-4,9-11H2,1-2H3,(H,16,19)(H2,17,18,20). The molecule has 6 nitrogen and oxygen atoms in total. The summed E-state index contributed by atoms with van der Waals surface area (Å²) in [6, 6.07) is 6.51. The number of urea groups is 1. The third-order valence-corrected chi connectivity index (χ3v) is 2.75. The lowest BCUT2D eigenvalue weighted by Gasteiger charge is -2.08. The Balaban J connectivity index is 2.39. The van der Waals surface area contributed by atoms with Gasteiger partial charge in [0.2, 0.25) is 0 Å². The highest BCUT2D eigenvalue weighted by Gasteiger charge is 2.05. The number of hydrogen-bond acceptors (Lipinski definition) is 3. The number of ether oxygens (including phenoxy) is 1. The van der Waals surface area contributed by atoms with Crippen molar-refractivity contribution in [2.75, 3.05) is 32.1 Å². The zero-order valence-corrected chi connectivity index (χ0v) is 12.6. The molecule has 0 unspecified atom stereocenters. The molecule has 0 bridgehead atoms. The highest BCUT2D eigenvalue weighted by atomic mass is 16.5. The predicted molar refractivity (Wildman–Crippen MR) is 82.6 cm³/mol. The van der Waals surface area contributed by atoms with Crippen molar-refractivity contribution in [1.29, 1.82) is 0 Å². The molecular formula is C15H23N3O3. The lowest BCUT2D eigenvalue weighted by Crippen LogP contribution is -2.30. The summed E-state index contributed by atoms with van der Waals surface area (Å²) in [7, 11) is 1.62. The van der Waals surface area contributed by atoms with Crippen LogP contribution >= 0.6 is 0 Å². The Kier molecular flexibility index (Phi) is 7.89. The molecule has 0 saturated carbocycles. The Bertz CT molecular complexity index is 446. The van der Waals surface area contributed by atoms with Crippen LogP contribution in [0.5, 0.6) is 0 Å². The summed E-state index contributed by atoms with van der Waals surface area (Å²) < 4.78 is 4.90. The molecule has 116 valence electrons. The number of anilines is 1. The van der Waals surface area contributed by atoms with Gasteiger partial charge in [-0.1, -0.05) is 6.92 Å². The lowest BCUT2D eigenvalue weighted by atomic mass is 10.2. The molecule has 3 N–H and O–H groups in total. The molecule has 1 rings (SSSR count). The third-order valence-electron chi connectivity index (χ3n) is 2.75. The molecule has 0 radical (unpaired) electrons. The quantitative estimate of drug-likeness (QED) is 0.641. The summed E-state index contributed by atoms with van der Waals surface area (Å²) in [5.41, 5.74) is 1.22. The van der Waals surface area contributed by atoms with E-state index in [1.54, 1.807) is 31.4 Å². The first-order valence-corrected chi connectivity index (χ1v) is 7.09. The Morgan fingerprint density at radius 3 is 2.43 bits per heavy atom. The van der Waals surface area contributed by atoms with Gasteiger partial charge in [-0.05, 0) is 37.1 Å². The van der Waals surface area contributed by atoms with E-state index in [2.05, 4.69) is 16.0 Å². The van der Waals surface area contributed by atoms with Gasteiger partial charge in [-0.25, -0.2) is 4.79 Å². The molecular weight excluding hydrogens is 270 g/mol. The molecule has 0 heterocycles. The monoisotopic (exact) mass is 293 g/mol. The highest BCUT2D eigenvalue weighted by molar-refractivity contribution is 5.95. The SMILES string of the molecule is CCCNC(=O)c1ccc(NC(=O)NCCCOC)cc1. The van der Waals surface area contributed by atoms with Crippen molar-refractivity contribution in [3.63, 3.8) is 0 Å². The summed E-state index contributed by atoms with van der Waals surface area (Å²) in [6.07, 6.45) is 1.66. The summed E-state index contributed by atoms with van der Waals surface area (Å²) in [4.78, 5) is 23.3. The van der Waals surface area contributed by atoms with Crippen molar-refractivity contribution in [3.8, 4) is 0 Å². The average Bonchev–Trinajstić information content (AvgIpc) is 2.50. The van der Waals surface area contributed by atoms with Crippen LogP contribution in [0.1, 0.15) is 30.1 Å². The van der Waals surface area contributed by atoms with E-state index in [0.717, 1.165) is 12.8 Å². The fraction of sp³-hybridized carbons (Fsp3) is 0.467. The number of benzene rings is 1. The second kappa shape index (κ2) is 9.77. The Morgan fingerprint density at radius 1 is 1.10 bits per heavy atom. The van der Waals surface area contributed by atoms with Crippen LogP contribution in [0.2, 0.25) is 0 Å². The summed E-state index contributed by atoms with van der Waals surface area (Å²) in [5, 5.41) is 8.23. The van der Waals surface area contributed by atoms with Gasteiger partial charge in [-0.15, -0.1) is 0 Å². The predicted octanol–water partition coefficient (Wildman–Crippen LogP) is 1.98. The smallest absolute Gasteiger partial charge is 0.319 e. The van der Waals surface area contributed by atoms with Gasteiger partial charge in [0.1, 0.15) is 0 Å². The van der Waals surface area contributed by atoms with Crippen LogP contribution in [-0.4, -0.2) is 38.7 Å². The van der Waals surface area contributed by atoms with E-state index < -0.39 is 0 Å². The first-order chi connectivity index (χ1) is 10.2. The minimum atomic E-state index is -0.269. The molecule has 0 aliphatic heterocycles. The number of hydrogen-bond donors (Lipinski definition) is 3. The Labute approximate surface area is 125 Å². The van der Waals surface area contributed by atoms with E-state index in [4.69, 9.17) is 4.74 Å². The van der Waals surface area contributed by atoms with Gasteiger partial charge >= 0.3 is 6.03 Å². The van der Waals surface area contributed by atoms with Crippen LogP contribution in [0.3, 0.4) is 0 Å². The minimum absolute atomic E-state index is 0.104. The third kappa shape index (κ3) is 6.76. The largest absolute Gasteiger partial charge is 0.385 e. The maximum atomic E-state index is 11.7. The van der Waals surface area contributed by atoms with E-state index >= 15 is 0 Å². The molecule has 1 aromatic carbocycles. The van der Waals surface area contributed by atoms with E-state index in [0.29, 0.717) is 30.9 Å². The summed E-state index contributed by atoms with van der Waals surface area (Å²) in [6.45, 7) is 3.82. The van der Waals surface area contributed by atoms with Gasteiger partial charge in [0.15, 0.2) is 0 Å². The molecule has 21 heavy (non-hydrogen) atoms. The van der Waals surface area contributed by atoms with Crippen molar-refractivity contribution < 1.29 is 14.3 Å². The second-order valence-corrected chi connectivity index (χ2v) is 4.56. The van der Waals surface area contributed by atoms with E-state index in [9.17, 15) is 9.59 Å². The maximum Gasteiger partial charge on any atom is 0.319 e. The second-order valence-electron chi connectivity index (χ2n) is 4.56. The molecule has 0 spiro atoms. The van der Waals surface area contributed by atoms with Crippen molar-refractivity contribution in [3.05, 3.63) is 29.8 Å². The van der Waals surface area contributed by atoms with Crippen LogP contribution in [0.15, 0.2) is 24.3 Å². The first kappa shape index (κ1) is 17.0. The van der Waals surface area contributed by atoms with Gasteiger partial charge in [-0.2, -0.15) is 0 Å². The molecule has 0 saturated heterocycles. The van der Waals surface area contributed by atoms with Crippen LogP contribution in [0.25, 0.3) is 0 Å². The topological polar surface area (TPSA) is 79.5 Å². The van der Waals surface area contributed by atoms with Crippen molar-refractivity contribution in [1.82, 2.24) is 10.6 Å². The number of amides is 3. The van der Waals surface area contributed by atoms with Crippen LogP contribution in [0, 0.1) is 0 Å². The zero-order chi connectivity index (χ0) is 15.5. The summed E-state index contributed by atoms with van der Waals surface area (Å²) >= 11 is 0. The van der Waals surface area contributed by atoms with Crippen molar-refractivity contribution >= 4 is 17.6 Å².